The van der Waals surface area contributed by atoms with Gasteiger partial charge in [-0.05, 0) is 12.5 Å². The van der Waals surface area contributed by atoms with Crippen molar-refractivity contribution in [2.75, 3.05) is 5.75 Å². The molecule has 0 saturated carbocycles. The Hall–Kier alpha value is -1.95. The monoisotopic (exact) mass is 263 g/mol. The SMILES string of the molecule is C=CCS(=O)(=O)c1[nH]nnc1-c1ccccc1C. The van der Waals surface area contributed by atoms with Gasteiger partial charge in [0.25, 0.3) is 0 Å². The Labute approximate surface area is 105 Å². The second-order valence-electron chi connectivity index (χ2n) is 3.87. The molecule has 5 nitrogen and oxygen atoms in total. The van der Waals surface area contributed by atoms with Crippen molar-refractivity contribution in [3.05, 3.63) is 42.5 Å². The molecule has 94 valence electrons. The average molecular weight is 263 g/mol. The van der Waals surface area contributed by atoms with Crippen LogP contribution in [0.15, 0.2) is 41.9 Å². The molecule has 2 rings (SSSR count). The maximum Gasteiger partial charge on any atom is 0.200 e. The van der Waals surface area contributed by atoms with Gasteiger partial charge in [0.1, 0.15) is 5.69 Å². The van der Waals surface area contributed by atoms with Crippen molar-refractivity contribution in [2.45, 2.75) is 11.9 Å². The van der Waals surface area contributed by atoms with Crippen LogP contribution in [0.4, 0.5) is 0 Å². The van der Waals surface area contributed by atoms with E-state index in [0.717, 1.165) is 11.1 Å². The van der Waals surface area contributed by atoms with E-state index in [0.29, 0.717) is 5.69 Å². The minimum Gasteiger partial charge on any atom is -0.246 e. The highest BCUT2D eigenvalue weighted by Gasteiger charge is 2.22. The van der Waals surface area contributed by atoms with Crippen molar-refractivity contribution in [3.8, 4) is 11.3 Å². The molecule has 0 bridgehead atoms. The Balaban J connectivity index is 2.60. The molecule has 0 aliphatic rings. The van der Waals surface area contributed by atoms with Crippen LogP contribution in [0.3, 0.4) is 0 Å². The van der Waals surface area contributed by atoms with Gasteiger partial charge in [0.05, 0.1) is 5.75 Å². The predicted octanol–water partition coefficient (Wildman–Crippen LogP) is 1.74. The highest BCUT2D eigenvalue weighted by molar-refractivity contribution is 7.91. The van der Waals surface area contributed by atoms with Crippen LogP contribution >= 0.6 is 0 Å². The van der Waals surface area contributed by atoms with E-state index in [2.05, 4.69) is 22.0 Å². The zero-order valence-corrected chi connectivity index (χ0v) is 10.7. The number of H-pyrrole nitrogens is 1. The van der Waals surface area contributed by atoms with Crippen molar-refractivity contribution in [3.63, 3.8) is 0 Å². The van der Waals surface area contributed by atoms with E-state index >= 15 is 0 Å². The van der Waals surface area contributed by atoms with Crippen molar-refractivity contribution in [1.29, 1.82) is 0 Å². The van der Waals surface area contributed by atoms with Crippen molar-refractivity contribution >= 4 is 9.84 Å². The summed E-state index contributed by atoms with van der Waals surface area (Å²) in [5.41, 5.74) is 2.06. The van der Waals surface area contributed by atoms with Gasteiger partial charge in [-0.1, -0.05) is 35.6 Å². The van der Waals surface area contributed by atoms with E-state index < -0.39 is 9.84 Å². The molecule has 6 heteroatoms. The number of aromatic nitrogens is 3. The quantitative estimate of drug-likeness (QED) is 0.852. The number of nitrogens with zero attached hydrogens (tertiary/aromatic N) is 2. The lowest BCUT2D eigenvalue weighted by Gasteiger charge is -2.04. The smallest absolute Gasteiger partial charge is 0.200 e. The summed E-state index contributed by atoms with van der Waals surface area (Å²) in [6.07, 6.45) is 1.35. The summed E-state index contributed by atoms with van der Waals surface area (Å²) in [6.45, 7) is 5.34. The van der Waals surface area contributed by atoms with Crippen LogP contribution in [0.25, 0.3) is 11.3 Å². The van der Waals surface area contributed by atoms with Crippen LogP contribution in [0.2, 0.25) is 0 Å². The molecule has 18 heavy (non-hydrogen) atoms. The van der Waals surface area contributed by atoms with Gasteiger partial charge in [0, 0.05) is 5.56 Å². The molecule has 0 aliphatic heterocycles. The molecule has 0 amide bonds. The summed E-state index contributed by atoms with van der Waals surface area (Å²) >= 11 is 0. The third kappa shape index (κ3) is 2.19. The molecule has 0 unspecified atom stereocenters. The maximum absolute atomic E-state index is 12.0. The molecule has 0 saturated heterocycles. The molecule has 0 spiro atoms. The molecule has 0 atom stereocenters. The van der Waals surface area contributed by atoms with E-state index in [4.69, 9.17) is 0 Å². The van der Waals surface area contributed by atoms with Crippen LogP contribution in [0.5, 0.6) is 0 Å². The number of sulfone groups is 1. The number of rotatable bonds is 4. The fourth-order valence-electron chi connectivity index (χ4n) is 1.69. The third-order valence-electron chi connectivity index (χ3n) is 2.57. The van der Waals surface area contributed by atoms with Gasteiger partial charge in [-0.25, -0.2) is 13.5 Å². The summed E-state index contributed by atoms with van der Waals surface area (Å²) in [5, 5.41) is 9.97. The van der Waals surface area contributed by atoms with Gasteiger partial charge in [0.2, 0.25) is 9.84 Å². The molecule has 1 heterocycles. The van der Waals surface area contributed by atoms with E-state index in [1.165, 1.54) is 6.08 Å². The lowest BCUT2D eigenvalue weighted by Crippen LogP contribution is -2.07. The number of hydrogen-bond donors (Lipinski definition) is 1. The molecule has 1 N–H and O–H groups in total. The van der Waals surface area contributed by atoms with Gasteiger partial charge in [0.15, 0.2) is 5.03 Å². The fraction of sp³-hybridized carbons (Fsp3) is 0.167. The Bertz CT molecular complexity index is 674. The Morgan fingerprint density at radius 2 is 2.11 bits per heavy atom. The summed E-state index contributed by atoms with van der Waals surface area (Å²) < 4.78 is 24.0. The second-order valence-corrected chi connectivity index (χ2v) is 5.85. The van der Waals surface area contributed by atoms with Crippen molar-refractivity contribution in [1.82, 2.24) is 15.4 Å². The zero-order valence-electron chi connectivity index (χ0n) is 9.92. The summed E-state index contributed by atoms with van der Waals surface area (Å²) in [5.74, 6) is -0.143. The first-order valence-electron chi connectivity index (χ1n) is 5.37. The minimum absolute atomic E-state index is 0.0386. The van der Waals surface area contributed by atoms with Gasteiger partial charge >= 0.3 is 0 Å². The number of benzene rings is 1. The van der Waals surface area contributed by atoms with Crippen molar-refractivity contribution < 1.29 is 8.42 Å². The van der Waals surface area contributed by atoms with E-state index in [-0.39, 0.29) is 10.8 Å². The summed E-state index contributed by atoms with van der Waals surface area (Å²) in [6, 6.07) is 7.44. The molecule has 0 fully saturated rings. The third-order valence-corrected chi connectivity index (χ3v) is 4.15. The Morgan fingerprint density at radius 3 is 2.78 bits per heavy atom. The lowest BCUT2D eigenvalue weighted by atomic mass is 10.1. The average Bonchev–Trinajstić information content (AvgIpc) is 2.79. The number of aryl methyl sites for hydroxylation is 1. The fourth-order valence-corrected chi connectivity index (χ4v) is 2.79. The van der Waals surface area contributed by atoms with Crippen LogP contribution in [0.1, 0.15) is 5.56 Å². The lowest BCUT2D eigenvalue weighted by molar-refractivity contribution is 0.595. The van der Waals surface area contributed by atoms with Crippen molar-refractivity contribution in [2.24, 2.45) is 0 Å². The topological polar surface area (TPSA) is 75.7 Å². The first-order valence-corrected chi connectivity index (χ1v) is 7.02. The molecular formula is C12H13N3O2S. The highest BCUT2D eigenvalue weighted by Crippen LogP contribution is 2.26. The first-order chi connectivity index (χ1) is 8.56. The van der Waals surface area contributed by atoms with Crippen LogP contribution in [-0.4, -0.2) is 29.6 Å². The number of nitrogens with one attached hydrogen (secondary N) is 1. The minimum atomic E-state index is -3.46. The Kier molecular flexibility index (Phi) is 3.29. The van der Waals surface area contributed by atoms with Crippen LogP contribution in [0, 0.1) is 6.92 Å². The van der Waals surface area contributed by atoms with E-state index in [1.807, 2.05) is 31.2 Å². The Morgan fingerprint density at radius 1 is 1.39 bits per heavy atom. The standard InChI is InChI=1S/C12H13N3O2S/c1-3-8-18(16,17)12-11(13-15-14-12)10-7-5-4-6-9(10)2/h3-7H,1,8H2,2H3,(H,13,14,15). The molecule has 1 aromatic carbocycles. The maximum atomic E-state index is 12.0. The zero-order chi connectivity index (χ0) is 13.2. The molecule has 1 aromatic heterocycles. The molecule has 0 radical (unpaired) electrons. The van der Waals surface area contributed by atoms with Gasteiger partial charge < -0.3 is 0 Å². The summed E-state index contributed by atoms with van der Waals surface area (Å²) in [4.78, 5) is 0. The first kappa shape index (κ1) is 12.5. The normalized spacial score (nSPS) is 11.4. The van der Waals surface area contributed by atoms with Crippen LogP contribution in [-0.2, 0) is 9.84 Å². The molecule has 2 aromatic rings. The van der Waals surface area contributed by atoms with Gasteiger partial charge in [-0.2, -0.15) is 0 Å². The van der Waals surface area contributed by atoms with E-state index in [1.54, 1.807) is 0 Å². The van der Waals surface area contributed by atoms with Gasteiger partial charge in [-0.3, -0.25) is 0 Å². The predicted molar refractivity (Wildman–Crippen MR) is 68.8 cm³/mol. The molecular weight excluding hydrogens is 250 g/mol. The largest absolute Gasteiger partial charge is 0.246 e. The van der Waals surface area contributed by atoms with Gasteiger partial charge in [-0.15, -0.1) is 11.7 Å². The second kappa shape index (κ2) is 4.73. The summed E-state index contributed by atoms with van der Waals surface area (Å²) in [7, 11) is -3.46. The number of hydrogen-bond acceptors (Lipinski definition) is 4. The molecule has 0 aliphatic carbocycles. The van der Waals surface area contributed by atoms with E-state index in [9.17, 15) is 8.42 Å². The number of aromatic amines is 1. The van der Waals surface area contributed by atoms with Crippen LogP contribution < -0.4 is 0 Å². The highest BCUT2D eigenvalue weighted by atomic mass is 32.2.